The standard InChI is InChI=1S/C17H24FN3O/c1-2-17(8-3-9-19-17)16(22)21-12-10-20(11-13-21)15-6-4-14(18)5-7-15/h4-7,19H,2-3,8-13H2,1H3. The van der Waals surface area contributed by atoms with Gasteiger partial charge in [-0.2, -0.15) is 0 Å². The van der Waals surface area contributed by atoms with Gasteiger partial charge in [-0.1, -0.05) is 6.92 Å². The lowest BCUT2D eigenvalue weighted by atomic mass is 9.92. The summed E-state index contributed by atoms with van der Waals surface area (Å²) in [6.45, 7) is 6.10. The number of nitrogens with one attached hydrogen (secondary N) is 1. The highest BCUT2D eigenvalue weighted by molar-refractivity contribution is 5.87. The molecule has 2 saturated heterocycles. The normalized spacial score (nSPS) is 25.5. The van der Waals surface area contributed by atoms with Crippen LogP contribution in [0.1, 0.15) is 26.2 Å². The predicted molar refractivity (Wildman–Crippen MR) is 85.5 cm³/mol. The van der Waals surface area contributed by atoms with Gasteiger partial charge < -0.3 is 15.1 Å². The monoisotopic (exact) mass is 305 g/mol. The number of hydrogen-bond acceptors (Lipinski definition) is 3. The number of benzene rings is 1. The zero-order valence-electron chi connectivity index (χ0n) is 13.1. The fraction of sp³-hybridized carbons (Fsp3) is 0.588. The molecule has 5 heteroatoms. The first-order valence-electron chi connectivity index (χ1n) is 8.19. The number of amides is 1. The molecule has 22 heavy (non-hydrogen) atoms. The minimum Gasteiger partial charge on any atom is -0.368 e. The van der Waals surface area contributed by atoms with Crippen LogP contribution < -0.4 is 10.2 Å². The fourth-order valence-corrected chi connectivity index (χ4v) is 3.56. The maximum absolute atomic E-state index is 13.0. The SMILES string of the molecule is CCC1(C(=O)N2CCN(c3ccc(F)cc3)CC2)CCCN1. The van der Waals surface area contributed by atoms with E-state index in [9.17, 15) is 9.18 Å². The molecule has 0 spiro atoms. The van der Waals surface area contributed by atoms with Gasteiger partial charge in [0.05, 0.1) is 5.54 Å². The number of nitrogens with zero attached hydrogens (tertiary/aromatic N) is 2. The molecule has 1 unspecified atom stereocenters. The summed E-state index contributed by atoms with van der Waals surface area (Å²) in [4.78, 5) is 17.0. The van der Waals surface area contributed by atoms with Crippen molar-refractivity contribution in [2.24, 2.45) is 0 Å². The van der Waals surface area contributed by atoms with Crippen LogP contribution in [0.4, 0.5) is 10.1 Å². The van der Waals surface area contributed by atoms with Crippen molar-refractivity contribution in [1.29, 1.82) is 0 Å². The maximum atomic E-state index is 13.0. The average molecular weight is 305 g/mol. The Bertz CT molecular complexity index is 517. The summed E-state index contributed by atoms with van der Waals surface area (Å²) in [5.41, 5.74) is 0.690. The van der Waals surface area contributed by atoms with Gasteiger partial charge in [-0.05, 0) is 50.1 Å². The number of halogens is 1. The van der Waals surface area contributed by atoms with E-state index in [0.29, 0.717) is 0 Å². The molecule has 2 heterocycles. The maximum Gasteiger partial charge on any atom is 0.242 e. The molecule has 0 aromatic heterocycles. The van der Waals surface area contributed by atoms with E-state index in [-0.39, 0.29) is 17.3 Å². The van der Waals surface area contributed by atoms with Gasteiger partial charge in [-0.15, -0.1) is 0 Å². The van der Waals surface area contributed by atoms with Crippen LogP contribution in [0, 0.1) is 5.82 Å². The molecule has 0 bridgehead atoms. The Labute approximate surface area is 131 Å². The Kier molecular flexibility index (Phi) is 4.34. The van der Waals surface area contributed by atoms with E-state index < -0.39 is 0 Å². The first-order chi connectivity index (χ1) is 10.6. The minimum atomic E-state index is -0.335. The average Bonchev–Trinajstić information content (AvgIpc) is 3.05. The van der Waals surface area contributed by atoms with E-state index in [4.69, 9.17) is 0 Å². The second-order valence-corrected chi connectivity index (χ2v) is 6.22. The molecule has 3 rings (SSSR count). The van der Waals surface area contributed by atoms with Gasteiger partial charge in [0, 0.05) is 31.9 Å². The third-order valence-corrected chi connectivity index (χ3v) is 5.02. The largest absolute Gasteiger partial charge is 0.368 e. The van der Waals surface area contributed by atoms with Crippen molar-refractivity contribution in [2.75, 3.05) is 37.6 Å². The van der Waals surface area contributed by atoms with Crippen molar-refractivity contribution >= 4 is 11.6 Å². The molecule has 0 saturated carbocycles. The molecule has 1 aromatic carbocycles. The Hall–Kier alpha value is -1.62. The molecule has 1 amide bonds. The van der Waals surface area contributed by atoms with Gasteiger partial charge in [0.2, 0.25) is 5.91 Å². The molecule has 4 nitrogen and oxygen atoms in total. The second-order valence-electron chi connectivity index (χ2n) is 6.22. The summed E-state index contributed by atoms with van der Waals surface area (Å²) in [6, 6.07) is 6.58. The van der Waals surface area contributed by atoms with Crippen molar-refractivity contribution < 1.29 is 9.18 Å². The molecule has 0 radical (unpaired) electrons. The quantitative estimate of drug-likeness (QED) is 0.928. The molecule has 2 aliphatic heterocycles. The fourth-order valence-electron chi connectivity index (χ4n) is 3.56. The van der Waals surface area contributed by atoms with E-state index in [1.165, 1.54) is 12.1 Å². The first-order valence-corrected chi connectivity index (χ1v) is 8.19. The van der Waals surface area contributed by atoms with Gasteiger partial charge in [-0.25, -0.2) is 4.39 Å². The Morgan fingerprint density at radius 1 is 1.23 bits per heavy atom. The van der Waals surface area contributed by atoms with Gasteiger partial charge in [0.25, 0.3) is 0 Å². The lowest BCUT2D eigenvalue weighted by molar-refractivity contribution is -0.138. The van der Waals surface area contributed by atoms with E-state index in [0.717, 1.165) is 57.7 Å². The number of carbonyl (C=O) groups excluding carboxylic acids is 1. The molecular weight excluding hydrogens is 281 g/mol. The molecule has 0 aliphatic carbocycles. The summed E-state index contributed by atoms with van der Waals surface area (Å²) in [5, 5.41) is 3.42. The lowest BCUT2D eigenvalue weighted by Crippen LogP contribution is -2.59. The zero-order chi connectivity index (χ0) is 15.6. The van der Waals surface area contributed by atoms with Crippen LogP contribution in [0.15, 0.2) is 24.3 Å². The van der Waals surface area contributed by atoms with E-state index in [1.807, 2.05) is 4.90 Å². The van der Waals surface area contributed by atoms with Crippen LogP contribution in [-0.2, 0) is 4.79 Å². The first kappa shape index (κ1) is 15.3. The molecule has 1 atom stereocenters. The smallest absolute Gasteiger partial charge is 0.242 e. The van der Waals surface area contributed by atoms with Crippen molar-refractivity contribution in [3.8, 4) is 0 Å². The molecule has 1 aromatic rings. The van der Waals surface area contributed by atoms with Crippen molar-refractivity contribution in [2.45, 2.75) is 31.7 Å². The molecule has 2 fully saturated rings. The van der Waals surface area contributed by atoms with Gasteiger partial charge in [0.1, 0.15) is 5.82 Å². The van der Waals surface area contributed by atoms with Crippen LogP contribution in [0.5, 0.6) is 0 Å². The summed E-state index contributed by atoms with van der Waals surface area (Å²) < 4.78 is 13.0. The third-order valence-electron chi connectivity index (χ3n) is 5.02. The second kappa shape index (κ2) is 6.24. The van der Waals surface area contributed by atoms with E-state index in [1.54, 1.807) is 12.1 Å². The van der Waals surface area contributed by atoms with Crippen molar-refractivity contribution in [3.63, 3.8) is 0 Å². The van der Waals surface area contributed by atoms with E-state index >= 15 is 0 Å². The number of carbonyl (C=O) groups is 1. The lowest BCUT2D eigenvalue weighted by Gasteiger charge is -2.40. The van der Waals surface area contributed by atoms with Crippen molar-refractivity contribution in [3.05, 3.63) is 30.1 Å². The number of hydrogen-bond donors (Lipinski definition) is 1. The Morgan fingerprint density at radius 3 is 2.45 bits per heavy atom. The predicted octanol–water partition coefficient (Wildman–Crippen LogP) is 2.01. The number of piperazine rings is 1. The van der Waals surface area contributed by atoms with Gasteiger partial charge in [0.15, 0.2) is 0 Å². The van der Waals surface area contributed by atoms with Crippen LogP contribution in [-0.4, -0.2) is 49.1 Å². The summed E-state index contributed by atoms with van der Waals surface area (Å²) in [6.07, 6.45) is 2.87. The summed E-state index contributed by atoms with van der Waals surface area (Å²) in [5.74, 6) is 0.0426. The number of anilines is 1. The molecule has 120 valence electrons. The molecule has 1 N–H and O–H groups in total. The molecule has 2 aliphatic rings. The van der Waals surface area contributed by atoms with Crippen LogP contribution >= 0.6 is 0 Å². The highest BCUT2D eigenvalue weighted by Gasteiger charge is 2.42. The highest BCUT2D eigenvalue weighted by atomic mass is 19.1. The van der Waals surface area contributed by atoms with Gasteiger partial charge >= 0.3 is 0 Å². The van der Waals surface area contributed by atoms with Crippen LogP contribution in [0.3, 0.4) is 0 Å². The highest BCUT2D eigenvalue weighted by Crippen LogP contribution is 2.26. The number of rotatable bonds is 3. The third kappa shape index (κ3) is 2.82. The topological polar surface area (TPSA) is 35.6 Å². The van der Waals surface area contributed by atoms with E-state index in [2.05, 4.69) is 17.1 Å². The van der Waals surface area contributed by atoms with Gasteiger partial charge in [-0.3, -0.25) is 4.79 Å². The van der Waals surface area contributed by atoms with Crippen LogP contribution in [0.25, 0.3) is 0 Å². The van der Waals surface area contributed by atoms with Crippen LogP contribution in [0.2, 0.25) is 0 Å². The summed E-state index contributed by atoms with van der Waals surface area (Å²) in [7, 11) is 0. The molecular formula is C17H24FN3O. The Balaban J connectivity index is 1.61. The zero-order valence-corrected chi connectivity index (χ0v) is 13.1. The van der Waals surface area contributed by atoms with Crippen molar-refractivity contribution in [1.82, 2.24) is 10.2 Å². The Morgan fingerprint density at radius 2 is 1.91 bits per heavy atom. The summed E-state index contributed by atoms with van der Waals surface area (Å²) >= 11 is 0. The minimum absolute atomic E-state index is 0.213.